The maximum Gasteiger partial charge on any atom is 0.310 e. The number of carbonyl (C=O) groups is 2. The van der Waals surface area contributed by atoms with Crippen molar-refractivity contribution in [1.82, 2.24) is 5.32 Å². The van der Waals surface area contributed by atoms with Crippen LogP contribution in [0.25, 0.3) is 10.1 Å². The lowest BCUT2D eigenvalue weighted by molar-refractivity contribution is -0.140. The second-order valence-corrected chi connectivity index (χ2v) is 6.32. The lowest BCUT2D eigenvalue weighted by Gasteiger charge is -2.11. The molecule has 1 aromatic carbocycles. The third-order valence-corrected chi connectivity index (χ3v) is 5.13. The molecule has 21 heavy (non-hydrogen) atoms. The molecule has 3 rings (SSSR count). The number of nitrogens with one attached hydrogen (secondary N) is 1. The number of rotatable bonds is 3. The van der Waals surface area contributed by atoms with Gasteiger partial charge in [-0.2, -0.15) is 0 Å². The van der Waals surface area contributed by atoms with Crippen molar-refractivity contribution in [3.63, 3.8) is 0 Å². The van der Waals surface area contributed by atoms with Crippen LogP contribution >= 0.6 is 22.9 Å². The van der Waals surface area contributed by atoms with E-state index in [0.29, 0.717) is 16.3 Å². The molecule has 0 saturated heterocycles. The van der Waals surface area contributed by atoms with Gasteiger partial charge in [0, 0.05) is 16.1 Å². The van der Waals surface area contributed by atoms with Gasteiger partial charge in [-0.15, -0.1) is 11.3 Å². The summed E-state index contributed by atoms with van der Waals surface area (Å²) in [4.78, 5) is 23.7. The fraction of sp³-hybridized carbons (Fsp3) is 0.200. The van der Waals surface area contributed by atoms with Crippen molar-refractivity contribution in [2.75, 3.05) is 0 Å². The monoisotopic (exact) mass is 321 g/mol. The summed E-state index contributed by atoms with van der Waals surface area (Å²) in [6, 6.07) is 7.30. The highest BCUT2D eigenvalue weighted by atomic mass is 35.5. The summed E-state index contributed by atoms with van der Waals surface area (Å²) in [6.07, 6.45) is 3.71. The molecule has 2 unspecified atom stereocenters. The highest BCUT2D eigenvalue weighted by Gasteiger charge is 2.27. The van der Waals surface area contributed by atoms with Gasteiger partial charge in [-0.3, -0.25) is 9.59 Å². The van der Waals surface area contributed by atoms with Gasteiger partial charge in [0.15, 0.2) is 0 Å². The van der Waals surface area contributed by atoms with Crippen LogP contribution < -0.4 is 5.32 Å². The fourth-order valence-electron chi connectivity index (χ4n) is 2.38. The second kappa shape index (κ2) is 5.50. The van der Waals surface area contributed by atoms with Crippen molar-refractivity contribution >= 4 is 44.9 Å². The quantitative estimate of drug-likeness (QED) is 0.852. The Balaban J connectivity index is 1.78. The molecule has 1 heterocycles. The van der Waals surface area contributed by atoms with Gasteiger partial charge >= 0.3 is 5.97 Å². The first kappa shape index (κ1) is 14.1. The summed E-state index contributed by atoms with van der Waals surface area (Å²) in [5, 5.41) is 13.1. The van der Waals surface area contributed by atoms with E-state index in [1.54, 1.807) is 12.2 Å². The Hall–Kier alpha value is -1.85. The number of carbonyl (C=O) groups excluding carboxylic acids is 1. The number of carboxylic acid groups (broad SMARTS) is 1. The summed E-state index contributed by atoms with van der Waals surface area (Å²) in [7, 11) is 0. The Kier molecular flexibility index (Phi) is 3.69. The van der Waals surface area contributed by atoms with Crippen LogP contribution in [0.5, 0.6) is 0 Å². The van der Waals surface area contributed by atoms with Crippen molar-refractivity contribution in [2.45, 2.75) is 12.5 Å². The van der Waals surface area contributed by atoms with Crippen molar-refractivity contribution in [1.29, 1.82) is 0 Å². The molecular weight excluding hydrogens is 310 g/mol. The smallest absolute Gasteiger partial charge is 0.310 e. The molecule has 2 atom stereocenters. The second-order valence-electron chi connectivity index (χ2n) is 4.89. The van der Waals surface area contributed by atoms with Gasteiger partial charge in [0.1, 0.15) is 4.88 Å². The van der Waals surface area contributed by atoms with E-state index in [0.717, 1.165) is 10.1 Å². The minimum atomic E-state index is -0.872. The number of benzene rings is 1. The summed E-state index contributed by atoms with van der Waals surface area (Å²) in [5.41, 5.74) is 0. The van der Waals surface area contributed by atoms with E-state index < -0.39 is 11.9 Å². The molecule has 0 bridgehead atoms. The van der Waals surface area contributed by atoms with Gasteiger partial charge in [-0.25, -0.2) is 0 Å². The normalized spacial score (nSPS) is 20.8. The third kappa shape index (κ3) is 2.66. The predicted molar refractivity (Wildman–Crippen MR) is 83.0 cm³/mol. The van der Waals surface area contributed by atoms with Crippen molar-refractivity contribution < 1.29 is 14.7 Å². The third-order valence-electron chi connectivity index (χ3n) is 3.46. The molecule has 0 radical (unpaired) electrons. The van der Waals surface area contributed by atoms with Gasteiger partial charge in [0.25, 0.3) is 5.91 Å². The summed E-state index contributed by atoms with van der Waals surface area (Å²) in [6.45, 7) is 0. The Morgan fingerprint density at radius 2 is 2.05 bits per heavy atom. The molecular formula is C15H12ClNO3S. The van der Waals surface area contributed by atoms with E-state index in [9.17, 15) is 9.59 Å². The van der Waals surface area contributed by atoms with E-state index in [4.69, 9.17) is 16.7 Å². The molecule has 6 heteroatoms. The number of halogens is 1. The van der Waals surface area contributed by atoms with Crippen LogP contribution in [0.4, 0.5) is 0 Å². The average molecular weight is 322 g/mol. The first-order chi connectivity index (χ1) is 10.1. The van der Waals surface area contributed by atoms with Gasteiger partial charge in [-0.1, -0.05) is 42.0 Å². The summed E-state index contributed by atoms with van der Waals surface area (Å²) < 4.78 is 0.957. The lowest BCUT2D eigenvalue weighted by Crippen LogP contribution is -2.32. The number of hydrogen-bond donors (Lipinski definition) is 2. The van der Waals surface area contributed by atoms with Gasteiger partial charge < -0.3 is 10.4 Å². The molecule has 1 aliphatic rings. The number of thiophene rings is 1. The standard InChI is InChI=1S/C15H12ClNO3S/c16-12-10-3-1-2-4-11(10)21-13(12)14(18)17-9-6-5-8(7-9)15(19)20/h1-6,8-9H,7H2,(H,17,18)(H,19,20). The van der Waals surface area contributed by atoms with Crippen molar-refractivity contribution in [2.24, 2.45) is 5.92 Å². The largest absolute Gasteiger partial charge is 0.481 e. The molecule has 108 valence electrons. The molecule has 4 nitrogen and oxygen atoms in total. The Morgan fingerprint density at radius 1 is 1.29 bits per heavy atom. The van der Waals surface area contributed by atoms with Crippen LogP contribution in [0.15, 0.2) is 36.4 Å². The molecule has 2 N–H and O–H groups in total. The Labute approximate surface area is 130 Å². The van der Waals surface area contributed by atoms with Crippen LogP contribution in [-0.4, -0.2) is 23.0 Å². The van der Waals surface area contributed by atoms with Crippen LogP contribution in [0, 0.1) is 5.92 Å². The Morgan fingerprint density at radius 3 is 2.71 bits per heavy atom. The van der Waals surface area contributed by atoms with E-state index in [1.165, 1.54) is 11.3 Å². The first-order valence-corrected chi connectivity index (χ1v) is 7.64. The van der Waals surface area contributed by atoms with Gasteiger partial charge in [0.05, 0.1) is 10.9 Å². The maximum absolute atomic E-state index is 12.3. The topological polar surface area (TPSA) is 66.4 Å². The first-order valence-electron chi connectivity index (χ1n) is 6.45. The number of fused-ring (bicyclic) bond motifs is 1. The van der Waals surface area contributed by atoms with Crippen LogP contribution in [0.2, 0.25) is 5.02 Å². The zero-order valence-electron chi connectivity index (χ0n) is 10.9. The zero-order chi connectivity index (χ0) is 15.0. The van der Waals surface area contributed by atoms with Gasteiger partial charge in [0.2, 0.25) is 0 Å². The summed E-state index contributed by atoms with van der Waals surface area (Å²) >= 11 is 7.59. The van der Waals surface area contributed by atoms with Crippen molar-refractivity contribution in [3.05, 3.63) is 46.3 Å². The molecule has 0 spiro atoms. The minimum Gasteiger partial charge on any atom is -0.481 e. The molecule has 1 aromatic heterocycles. The van der Waals surface area contributed by atoms with E-state index in [-0.39, 0.29) is 11.9 Å². The molecule has 0 saturated carbocycles. The number of aliphatic carboxylic acids is 1. The number of carboxylic acids is 1. The fourth-order valence-corrected chi connectivity index (χ4v) is 3.80. The molecule has 0 fully saturated rings. The average Bonchev–Trinajstić information content (AvgIpc) is 3.05. The molecule has 2 aromatic rings. The molecule has 0 aliphatic heterocycles. The maximum atomic E-state index is 12.3. The molecule has 1 aliphatic carbocycles. The predicted octanol–water partition coefficient (Wildman–Crippen LogP) is 3.31. The lowest BCUT2D eigenvalue weighted by atomic mass is 10.1. The van der Waals surface area contributed by atoms with Crippen LogP contribution in [0.1, 0.15) is 16.1 Å². The zero-order valence-corrected chi connectivity index (χ0v) is 12.4. The SMILES string of the molecule is O=C(NC1C=CC(C(=O)O)C1)c1sc2ccccc2c1Cl. The highest BCUT2D eigenvalue weighted by molar-refractivity contribution is 7.21. The minimum absolute atomic E-state index is 0.262. The Bertz CT molecular complexity index is 752. The van der Waals surface area contributed by atoms with E-state index >= 15 is 0 Å². The molecule has 1 amide bonds. The van der Waals surface area contributed by atoms with Crippen LogP contribution in [0.3, 0.4) is 0 Å². The van der Waals surface area contributed by atoms with Gasteiger partial charge in [-0.05, 0) is 12.5 Å². The van der Waals surface area contributed by atoms with E-state index in [2.05, 4.69) is 5.32 Å². The number of amides is 1. The number of hydrogen-bond acceptors (Lipinski definition) is 3. The van der Waals surface area contributed by atoms with Crippen molar-refractivity contribution in [3.8, 4) is 0 Å². The van der Waals surface area contributed by atoms with Crippen LogP contribution in [-0.2, 0) is 4.79 Å². The summed E-state index contributed by atoms with van der Waals surface area (Å²) in [5.74, 6) is -1.67. The van der Waals surface area contributed by atoms with E-state index in [1.807, 2.05) is 24.3 Å². The highest BCUT2D eigenvalue weighted by Crippen LogP contribution is 2.35.